The Morgan fingerprint density at radius 1 is 0.864 bits per heavy atom. The Hall–Kier alpha value is -0.610. The zero-order valence-corrected chi connectivity index (χ0v) is 16.0. The molecule has 0 atom stereocenters. The molecule has 0 aromatic heterocycles. The van der Waals surface area contributed by atoms with E-state index in [1.54, 1.807) is 5.56 Å². The van der Waals surface area contributed by atoms with Gasteiger partial charge in [-0.3, -0.25) is 0 Å². The second kappa shape index (κ2) is 11.0. The van der Waals surface area contributed by atoms with Crippen molar-refractivity contribution in [1.29, 1.82) is 0 Å². The molecule has 0 heterocycles. The van der Waals surface area contributed by atoms with Gasteiger partial charge < -0.3 is 0 Å². The Balaban J connectivity index is 3.00. The van der Waals surface area contributed by atoms with Crippen molar-refractivity contribution in [2.45, 2.75) is 65.5 Å². The smallest absolute Gasteiger partial charge is 0.0848 e. The minimum Gasteiger partial charge on any atom is -0.0985 e. The SMILES string of the molecule is C=Cc1ccccc1C[P+](CCCC)(CCCC)CCCC. The zero-order valence-electron chi connectivity index (χ0n) is 15.1. The van der Waals surface area contributed by atoms with Gasteiger partial charge >= 0.3 is 0 Å². The Morgan fingerprint density at radius 3 is 1.82 bits per heavy atom. The molecule has 0 N–H and O–H groups in total. The lowest BCUT2D eigenvalue weighted by Gasteiger charge is -2.28. The third kappa shape index (κ3) is 6.25. The summed E-state index contributed by atoms with van der Waals surface area (Å²) in [5.41, 5.74) is 2.91. The maximum atomic E-state index is 4.02. The summed E-state index contributed by atoms with van der Waals surface area (Å²) >= 11 is 0. The second-order valence-electron chi connectivity index (χ2n) is 6.63. The van der Waals surface area contributed by atoms with Gasteiger partial charge in [-0.15, -0.1) is 0 Å². The van der Waals surface area contributed by atoms with E-state index in [4.69, 9.17) is 0 Å². The lowest BCUT2D eigenvalue weighted by molar-refractivity contribution is 0.832. The van der Waals surface area contributed by atoms with Gasteiger partial charge in [0.1, 0.15) is 0 Å². The van der Waals surface area contributed by atoms with Crippen LogP contribution in [0.1, 0.15) is 70.4 Å². The molecule has 0 aliphatic heterocycles. The van der Waals surface area contributed by atoms with Crippen LogP contribution >= 0.6 is 7.26 Å². The largest absolute Gasteiger partial charge is 0.0985 e. The van der Waals surface area contributed by atoms with E-state index in [0.29, 0.717) is 0 Å². The van der Waals surface area contributed by atoms with Crippen molar-refractivity contribution in [3.05, 3.63) is 42.0 Å². The van der Waals surface area contributed by atoms with Gasteiger partial charge in [0.25, 0.3) is 0 Å². The third-order valence-electron chi connectivity index (χ3n) is 4.74. The Kier molecular flexibility index (Phi) is 9.73. The molecule has 1 rings (SSSR count). The number of hydrogen-bond acceptors (Lipinski definition) is 0. The van der Waals surface area contributed by atoms with E-state index in [2.05, 4.69) is 51.6 Å². The molecule has 0 amide bonds. The molecule has 1 aromatic carbocycles. The first-order valence-corrected chi connectivity index (χ1v) is 11.8. The third-order valence-corrected chi connectivity index (χ3v) is 9.55. The van der Waals surface area contributed by atoms with Gasteiger partial charge in [-0.2, -0.15) is 0 Å². The summed E-state index contributed by atoms with van der Waals surface area (Å²) in [4.78, 5) is 0. The fourth-order valence-corrected chi connectivity index (χ4v) is 8.41. The highest BCUT2D eigenvalue weighted by atomic mass is 31.2. The number of rotatable bonds is 12. The van der Waals surface area contributed by atoms with Gasteiger partial charge in [-0.25, -0.2) is 0 Å². The van der Waals surface area contributed by atoms with Crippen LogP contribution < -0.4 is 0 Å². The van der Waals surface area contributed by atoms with Gasteiger partial charge in [-0.1, -0.05) is 77.0 Å². The molecular weight excluding hydrogens is 283 g/mol. The van der Waals surface area contributed by atoms with Gasteiger partial charge in [0, 0.05) is 7.26 Å². The van der Waals surface area contributed by atoms with Crippen LogP contribution in [0.15, 0.2) is 30.8 Å². The molecule has 0 saturated carbocycles. The maximum absolute atomic E-state index is 4.02. The lowest BCUT2D eigenvalue weighted by atomic mass is 10.1. The van der Waals surface area contributed by atoms with Crippen molar-refractivity contribution in [2.75, 3.05) is 18.5 Å². The summed E-state index contributed by atoms with van der Waals surface area (Å²) in [5.74, 6) is 0. The molecule has 0 radical (unpaired) electrons. The second-order valence-corrected chi connectivity index (χ2v) is 11.0. The van der Waals surface area contributed by atoms with E-state index in [1.165, 1.54) is 68.7 Å². The monoisotopic (exact) mass is 319 g/mol. The van der Waals surface area contributed by atoms with E-state index in [-0.39, 0.29) is 0 Å². The maximum Gasteiger partial charge on any atom is 0.0848 e. The van der Waals surface area contributed by atoms with Crippen LogP contribution in [-0.2, 0) is 6.16 Å². The first-order valence-electron chi connectivity index (χ1n) is 9.26. The number of benzene rings is 1. The molecule has 0 saturated heterocycles. The molecule has 1 heteroatoms. The summed E-state index contributed by atoms with van der Waals surface area (Å²) in [7, 11) is -0.856. The molecule has 0 nitrogen and oxygen atoms in total. The fraction of sp³-hybridized carbons (Fsp3) is 0.619. The topological polar surface area (TPSA) is 0 Å². The normalized spacial score (nSPS) is 11.6. The number of hydrogen-bond donors (Lipinski definition) is 0. The molecule has 0 spiro atoms. The fourth-order valence-electron chi connectivity index (χ4n) is 3.29. The van der Waals surface area contributed by atoms with Crippen molar-refractivity contribution in [3.8, 4) is 0 Å². The van der Waals surface area contributed by atoms with Crippen molar-refractivity contribution < 1.29 is 0 Å². The van der Waals surface area contributed by atoms with Crippen molar-refractivity contribution in [2.24, 2.45) is 0 Å². The van der Waals surface area contributed by atoms with Crippen molar-refractivity contribution in [3.63, 3.8) is 0 Å². The highest BCUT2D eigenvalue weighted by Gasteiger charge is 2.35. The predicted molar refractivity (Wildman–Crippen MR) is 106 cm³/mol. The summed E-state index contributed by atoms with van der Waals surface area (Å²) < 4.78 is 0. The quantitative estimate of drug-likeness (QED) is 0.356. The molecule has 0 bridgehead atoms. The van der Waals surface area contributed by atoms with Crippen molar-refractivity contribution >= 4 is 13.3 Å². The van der Waals surface area contributed by atoms with Gasteiger partial charge in [-0.05, 0) is 30.4 Å². The van der Waals surface area contributed by atoms with Crippen LogP contribution in [-0.4, -0.2) is 18.5 Å². The molecule has 22 heavy (non-hydrogen) atoms. The summed E-state index contributed by atoms with van der Waals surface area (Å²) in [6, 6.07) is 8.92. The van der Waals surface area contributed by atoms with Crippen LogP contribution in [0.3, 0.4) is 0 Å². The predicted octanol–water partition coefficient (Wildman–Crippen LogP) is 7.25. The molecule has 0 unspecified atom stereocenters. The average Bonchev–Trinajstić information content (AvgIpc) is 2.56. The molecular formula is C21H36P+. The summed E-state index contributed by atoms with van der Waals surface area (Å²) in [6.45, 7) is 11.0. The molecule has 124 valence electrons. The van der Waals surface area contributed by atoms with Crippen LogP contribution in [0.2, 0.25) is 0 Å². The average molecular weight is 319 g/mol. The van der Waals surface area contributed by atoms with Crippen LogP contribution in [0, 0.1) is 0 Å². The summed E-state index contributed by atoms with van der Waals surface area (Å²) in [5, 5.41) is 0. The van der Waals surface area contributed by atoms with E-state index in [1.807, 2.05) is 6.08 Å². The number of unbranched alkanes of at least 4 members (excludes halogenated alkanes) is 3. The van der Waals surface area contributed by atoms with E-state index >= 15 is 0 Å². The first kappa shape index (κ1) is 19.4. The highest BCUT2D eigenvalue weighted by Crippen LogP contribution is 2.63. The van der Waals surface area contributed by atoms with Gasteiger partial charge in [0.2, 0.25) is 0 Å². The summed E-state index contributed by atoms with van der Waals surface area (Å²) in [6.07, 6.45) is 16.1. The highest BCUT2D eigenvalue weighted by molar-refractivity contribution is 7.75. The zero-order chi connectivity index (χ0) is 16.3. The molecule has 1 aromatic rings. The first-order chi connectivity index (χ1) is 10.7. The van der Waals surface area contributed by atoms with E-state index < -0.39 is 7.26 Å². The van der Waals surface area contributed by atoms with E-state index in [0.717, 1.165) is 0 Å². The molecule has 0 aliphatic carbocycles. The van der Waals surface area contributed by atoms with Gasteiger partial charge in [0.15, 0.2) is 0 Å². The van der Waals surface area contributed by atoms with Crippen molar-refractivity contribution in [1.82, 2.24) is 0 Å². The standard InChI is InChI=1S/C21H36P/c1-5-9-16-22(17-10-6-2,18-11-7-3)19-21-15-13-12-14-20(21)8-4/h8,12-15H,4-7,9-11,16-19H2,1-3H3/q+1. The van der Waals surface area contributed by atoms with Crippen LogP contribution in [0.5, 0.6) is 0 Å². The Bertz CT molecular complexity index is 400. The van der Waals surface area contributed by atoms with Crippen LogP contribution in [0.25, 0.3) is 6.08 Å². The van der Waals surface area contributed by atoms with Crippen LogP contribution in [0.4, 0.5) is 0 Å². The van der Waals surface area contributed by atoms with E-state index in [9.17, 15) is 0 Å². The minimum atomic E-state index is -0.856. The van der Waals surface area contributed by atoms with Gasteiger partial charge in [0.05, 0.1) is 24.6 Å². The Morgan fingerprint density at radius 2 is 1.36 bits per heavy atom. The molecule has 0 aliphatic rings. The Labute approximate surface area is 139 Å². The minimum absolute atomic E-state index is 0.856. The lowest BCUT2D eigenvalue weighted by Crippen LogP contribution is -2.12. The molecule has 0 fully saturated rings.